The van der Waals surface area contributed by atoms with Gasteiger partial charge in [0.15, 0.2) is 0 Å². The highest BCUT2D eigenvalue weighted by Gasteiger charge is 2.57. The Morgan fingerprint density at radius 3 is 2.89 bits per heavy atom. The first-order valence-corrected chi connectivity index (χ1v) is 9.88. The Morgan fingerprint density at radius 1 is 1.36 bits per heavy atom. The monoisotopic (exact) mass is 382 g/mol. The summed E-state index contributed by atoms with van der Waals surface area (Å²) in [6.45, 7) is 5.93. The molecule has 2 heterocycles. The summed E-state index contributed by atoms with van der Waals surface area (Å²) in [6.07, 6.45) is 4.66. The molecule has 2 fully saturated rings. The molecule has 28 heavy (non-hydrogen) atoms. The number of hydrogen-bond acceptors (Lipinski definition) is 5. The van der Waals surface area contributed by atoms with Crippen LogP contribution >= 0.6 is 0 Å². The molecule has 1 spiro atoms. The molecule has 1 saturated heterocycles. The van der Waals surface area contributed by atoms with Gasteiger partial charge in [-0.1, -0.05) is 6.07 Å². The van der Waals surface area contributed by atoms with Gasteiger partial charge in [-0.05, 0) is 69.8 Å². The quantitative estimate of drug-likeness (QED) is 0.777. The van der Waals surface area contributed by atoms with Crippen LogP contribution in [0.3, 0.4) is 0 Å². The smallest absolute Gasteiger partial charge is 0.341 e. The molecule has 148 valence electrons. The molecule has 1 unspecified atom stereocenters. The molecule has 0 bridgehead atoms. The average molecular weight is 382 g/mol. The maximum Gasteiger partial charge on any atom is 0.341 e. The van der Waals surface area contributed by atoms with Crippen LogP contribution in [-0.2, 0) is 9.53 Å². The molecule has 1 aromatic heterocycles. The Kier molecular flexibility index (Phi) is 4.93. The number of nitrogens with zero attached hydrogens (tertiary/aromatic N) is 2. The van der Waals surface area contributed by atoms with Crippen molar-refractivity contribution in [2.75, 3.05) is 25.0 Å². The highest BCUT2D eigenvalue weighted by atomic mass is 16.5. The third-order valence-electron chi connectivity index (χ3n) is 5.97. The van der Waals surface area contributed by atoms with E-state index in [0.717, 1.165) is 43.7 Å². The molecule has 2 aliphatic rings. The number of ether oxygens (including phenoxy) is 1. The predicted octanol–water partition coefficient (Wildman–Crippen LogP) is 2.69. The Morgan fingerprint density at radius 2 is 2.14 bits per heavy atom. The number of hydrogen-bond donors (Lipinski definition) is 2. The number of piperidine rings is 1. The standard InChI is InChI=1S/C21H26N4O3/c1-3-28-20(27)17-13-23-25(14(17)2)16-6-4-5-15(11-16)24-19(26)18-12-21(18)7-9-22-10-8-21/h4-6,11,13,18,22H,3,7-10,12H2,1-2H3,(H,24,26). The molecular formula is C21H26N4O3. The highest BCUT2D eigenvalue weighted by Crippen LogP contribution is 2.58. The fourth-order valence-electron chi connectivity index (χ4n) is 4.22. The van der Waals surface area contributed by atoms with Crippen LogP contribution in [-0.4, -0.2) is 41.4 Å². The number of amides is 1. The van der Waals surface area contributed by atoms with E-state index < -0.39 is 0 Å². The summed E-state index contributed by atoms with van der Waals surface area (Å²) >= 11 is 0. The second kappa shape index (κ2) is 7.39. The summed E-state index contributed by atoms with van der Waals surface area (Å²) < 4.78 is 6.76. The van der Waals surface area contributed by atoms with E-state index in [1.165, 1.54) is 6.20 Å². The van der Waals surface area contributed by atoms with Crippen LogP contribution < -0.4 is 10.6 Å². The lowest BCUT2D eigenvalue weighted by Crippen LogP contribution is -2.31. The van der Waals surface area contributed by atoms with Gasteiger partial charge in [0.05, 0.1) is 24.2 Å². The van der Waals surface area contributed by atoms with Crippen molar-refractivity contribution in [3.8, 4) is 5.69 Å². The van der Waals surface area contributed by atoms with Gasteiger partial charge in [0, 0.05) is 11.6 Å². The molecular weight excluding hydrogens is 356 g/mol. The second-order valence-electron chi connectivity index (χ2n) is 7.68. The van der Waals surface area contributed by atoms with E-state index >= 15 is 0 Å². The zero-order valence-electron chi connectivity index (χ0n) is 16.3. The van der Waals surface area contributed by atoms with E-state index in [9.17, 15) is 9.59 Å². The molecule has 7 nitrogen and oxygen atoms in total. The van der Waals surface area contributed by atoms with Gasteiger partial charge in [0.25, 0.3) is 0 Å². The van der Waals surface area contributed by atoms with E-state index in [4.69, 9.17) is 4.74 Å². The lowest BCUT2D eigenvalue weighted by molar-refractivity contribution is -0.118. The summed E-state index contributed by atoms with van der Waals surface area (Å²) in [4.78, 5) is 24.7. The molecule has 0 radical (unpaired) electrons. The van der Waals surface area contributed by atoms with Gasteiger partial charge in [-0.25, -0.2) is 9.48 Å². The number of carbonyl (C=O) groups excluding carboxylic acids is 2. The Bertz CT molecular complexity index is 899. The van der Waals surface area contributed by atoms with Crippen molar-refractivity contribution in [3.63, 3.8) is 0 Å². The van der Waals surface area contributed by atoms with Crippen molar-refractivity contribution in [2.24, 2.45) is 11.3 Å². The van der Waals surface area contributed by atoms with E-state index in [-0.39, 0.29) is 23.2 Å². The molecule has 4 rings (SSSR count). The van der Waals surface area contributed by atoms with Crippen molar-refractivity contribution >= 4 is 17.6 Å². The van der Waals surface area contributed by atoms with Gasteiger partial charge in [-0.3, -0.25) is 4.79 Å². The van der Waals surface area contributed by atoms with E-state index in [1.54, 1.807) is 11.6 Å². The molecule has 1 aliphatic heterocycles. The van der Waals surface area contributed by atoms with Gasteiger partial charge in [0.1, 0.15) is 5.56 Å². The van der Waals surface area contributed by atoms with Crippen molar-refractivity contribution in [3.05, 3.63) is 41.7 Å². The van der Waals surface area contributed by atoms with Crippen LogP contribution in [0, 0.1) is 18.3 Å². The van der Waals surface area contributed by atoms with Gasteiger partial charge in [0.2, 0.25) is 5.91 Å². The number of nitrogens with one attached hydrogen (secondary N) is 2. The van der Waals surface area contributed by atoms with Crippen LogP contribution in [0.1, 0.15) is 42.2 Å². The van der Waals surface area contributed by atoms with Crippen LogP contribution in [0.15, 0.2) is 30.5 Å². The van der Waals surface area contributed by atoms with Gasteiger partial charge in [-0.2, -0.15) is 5.10 Å². The Labute approximate surface area is 164 Å². The molecule has 1 aliphatic carbocycles. The van der Waals surface area contributed by atoms with Gasteiger partial charge >= 0.3 is 5.97 Å². The van der Waals surface area contributed by atoms with Crippen molar-refractivity contribution in [2.45, 2.75) is 33.1 Å². The third kappa shape index (κ3) is 3.42. The minimum Gasteiger partial charge on any atom is -0.462 e. The van der Waals surface area contributed by atoms with Crippen LogP contribution in [0.5, 0.6) is 0 Å². The number of esters is 1. The Balaban J connectivity index is 1.48. The average Bonchev–Trinajstić information content (AvgIpc) is 3.23. The maximum absolute atomic E-state index is 12.7. The number of aromatic nitrogens is 2. The fourth-order valence-corrected chi connectivity index (χ4v) is 4.22. The molecule has 1 atom stereocenters. The van der Waals surface area contributed by atoms with E-state index in [1.807, 2.05) is 31.2 Å². The largest absolute Gasteiger partial charge is 0.462 e. The molecule has 2 N–H and O–H groups in total. The fraction of sp³-hybridized carbons (Fsp3) is 0.476. The predicted molar refractivity (Wildman–Crippen MR) is 106 cm³/mol. The first-order valence-electron chi connectivity index (χ1n) is 9.88. The van der Waals surface area contributed by atoms with E-state index in [2.05, 4.69) is 15.7 Å². The van der Waals surface area contributed by atoms with Crippen molar-refractivity contribution in [1.82, 2.24) is 15.1 Å². The topological polar surface area (TPSA) is 85.2 Å². The summed E-state index contributed by atoms with van der Waals surface area (Å²) in [5.74, 6) is -0.166. The first kappa shape index (κ1) is 18.7. The minimum atomic E-state index is -0.378. The molecule has 2 aromatic rings. The SMILES string of the molecule is CCOC(=O)c1cnn(-c2cccc(NC(=O)C3CC34CCNCC4)c2)c1C. The van der Waals surface area contributed by atoms with E-state index in [0.29, 0.717) is 17.9 Å². The van der Waals surface area contributed by atoms with Crippen molar-refractivity contribution < 1.29 is 14.3 Å². The zero-order chi connectivity index (χ0) is 19.7. The lowest BCUT2D eigenvalue weighted by atomic mass is 9.92. The summed E-state index contributed by atoms with van der Waals surface area (Å²) in [6, 6.07) is 7.54. The molecule has 1 amide bonds. The van der Waals surface area contributed by atoms with Crippen molar-refractivity contribution in [1.29, 1.82) is 0 Å². The third-order valence-corrected chi connectivity index (χ3v) is 5.97. The normalized spacial score (nSPS) is 20.0. The Hall–Kier alpha value is -2.67. The second-order valence-corrected chi connectivity index (χ2v) is 7.68. The van der Waals surface area contributed by atoms with Crippen LogP contribution in [0.2, 0.25) is 0 Å². The van der Waals surface area contributed by atoms with Crippen LogP contribution in [0.4, 0.5) is 5.69 Å². The summed E-state index contributed by atoms with van der Waals surface area (Å²) in [7, 11) is 0. The van der Waals surface area contributed by atoms with Gasteiger partial charge in [-0.15, -0.1) is 0 Å². The minimum absolute atomic E-state index is 0.100. The molecule has 1 aromatic carbocycles. The first-order chi connectivity index (χ1) is 13.5. The lowest BCUT2D eigenvalue weighted by Gasteiger charge is -2.23. The molecule has 1 saturated carbocycles. The molecule has 7 heteroatoms. The van der Waals surface area contributed by atoms with Gasteiger partial charge < -0.3 is 15.4 Å². The highest BCUT2D eigenvalue weighted by molar-refractivity contribution is 5.95. The number of benzene rings is 1. The summed E-state index contributed by atoms with van der Waals surface area (Å²) in [5, 5.41) is 10.7. The number of carbonyl (C=O) groups is 2. The summed E-state index contributed by atoms with van der Waals surface area (Å²) in [5.41, 5.74) is 2.89. The van der Waals surface area contributed by atoms with Crippen LogP contribution in [0.25, 0.3) is 5.69 Å². The zero-order valence-corrected chi connectivity index (χ0v) is 16.3. The number of rotatable bonds is 5. The number of anilines is 1. The maximum atomic E-state index is 12.7.